The first-order valence-corrected chi connectivity index (χ1v) is 4.51. The first kappa shape index (κ1) is 9.39. The summed E-state index contributed by atoms with van der Waals surface area (Å²) in [6, 6.07) is 0. The van der Waals surface area contributed by atoms with Crippen molar-refractivity contribution in [1.29, 1.82) is 0 Å². The molecule has 0 radical (unpaired) electrons. The van der Waals surface area contributed by atoms with Crippen LogP contribution in [-0.2, 0) is 0 Å². The van der Waals surface area contributed by atoms with E-state index in [0.717, 1.165) is 0 Å². The van der Waals surface area contributed by atoms with E-state index in [-0.39, 0.29) is 10.8 Å². The molecule has 1 rings (SSSR count). The van der Waals surface area contributed by atoms with Gasteiger partial charge in [-0.25, -0.2) is 0 Å². The van der Waals surface area contributed by atoms with Gasteiger partial charge in [0, 0.05) is 5.41 Å². The third-order valence-electron chi connectivity index (χ3n) is 2.67. The van der Waals surface area contributed by atoms with Crippen LogP contribution in [0.2, 0.25) is 0 Å². The number of hydrogen-bond acceptors (Lipinski definition) is 0. The maximum Gasteiger partial charge on any atom is 0.0558 e. The van der Waals surface area contributed by atoms with E-state index < -0.39 is 0 Å². The van der Waals surface area contributed by atoms with Gasteiger partial charge in [-0.2, -0.15) is 0 Å². The van der Waals surface area contributed by atoms with Crippen LogP contribution in [0.4, 0.5) is 0 Å². The zero-order valence-corrected chi connectivity index (χ0v) is 8.78. The van der Waals surface area contributed by atoms with Crippen LogP contribution < -0.4 is 0 Å². The Labute approximate surface area is 76.1 Å². The topological polar surface area (TPSA) is 0 Å². The first-order valence-electron chi connectivity index (χ1n) is 4.51. The van der Waals surface area contributed by atoms with Crippen LogP contribution in [0.15, 0.2) is 12.2 Å². The SMILES string of the molecule is C=C1C(C)C1(C)C#CC(C)(C)C. The highest BCUT2D eigenvalue weighted by Crippen LogP contribution is 2.56. The Morgan fingerprint density at radius 3 is 2.08 bits per heavy atom. The van der Waals surface area contributed by atoms with Gasteiger partial charge in [0.2, 0.25) is 0 Å². The standard InChI is InChI=1S/C12H18/c1-9-10(2)12(9,6)8-7-11(3,4)5/h10H,1H2,2-6H3. The fraction of sp³-hybridized carbons (Fsp3) is 0.667. The van der Waals surface area contributed by atoms with Crippen molar-refractivity contribution in [3.8, 4) is 11.8 Å². The van der Waals surface area contributed by atoms with Crippen molar-refractivity contribution in [1.82, 2.24) is 0 Å². The van der Waals surface area contributed by atoms with E-state index in [1.165, 1.54) is 5.57 Å². The highest BCUT2D eigenvalue weighted by molar-refractivity contribution is 5.44. The van der Waals surface area contributed by atoms with Crippen molar-refractivity contribution in [3.63, 3.8) is 0 Å². The molecule has 0 bridgehead atoms. The first-order chi connectivity index (χ1) is 5.27. The van der Waals surface area contributed by atoms with Crippen molar-refractivity contribution in [2.24, 2.45) is 16.7 Å². The molecule has 0 heterocycles. The predicted octanol–water partition coefficient (Wildman–Crippen LogP) is 3.25. The molecular weight excluding hydrogens is 144 g/mol. The normalized spacial score (nSPS) is 34.1. The Hall–Kier alpha value is -0.700. The molecule has 0 amide bonds. The third kappa shape index (κ3) is 1.55. The number of allylic oxidation sites excluding steroid dienone is 1. The van der Waals surface area contributed by atoms with Crippen LogP contribution in [0.1, 0.15) is 34.6 Å². The van der Waals surface area contributed by atoms with Gasteiger partial charge in [-0.05, 0) is 33.6 Å². The fourth-order valence-electron chi connectivity index (χ4n) is 1.22. The molecule has 0 saturated heterocycles. The molecule has 0 spiro atoms. The van der Waals surface area contributed by atoms with Gasteiger partial charge in [-0.1, -0.05) is 30.9 Å². The molecule has 1 fully saturated rings. The van der Waals surface area contributed by atoms with Crippen LogP contribution in [0.3, 0.4) is 0 Å². The largest absolute Gasteiger partial charge is 0.0980 e. The highest BCUT2D eigenvalue weighted by Gasteiger charge is 2.50. The van der Waals surface area contributed by atoms with Gasteiger partial charge in [0.15, 0.2) is 0 Å². The molecule has 1 aliphatic carbocycles. The summed E-state index contributed by atoms with van der Waals surface area (Å²) < 4.78 is 0. The average Bonchev–Trinajstić information content (AvgIpc) is 2.37. The summed E-state index contributed by atoms with van der Waals surface area (Å²) in [6.45, 7) is 14.8. The second-order valence-corrected chi connectivity index (χ2v) is 4.95. The van der Waals surface area contributed by atoms with Crippen LogP contribution in [-0.4, -0.2) is 0 Å². The molecule has 2 atom stereocenters. The lowest BCUT2D eigenvalue weighted by Crippen LogP contribution is -2.01. The lowest BCUT2D eigenvalue weighted by Gasteiger charge is -2.08. The van der Waals surface area contributed by atoms with E-state index in [9.17, 15) is 0 Å². The molecule has 0 aliphatic heterocycles. The Bertz CT molecular complexity index is 267. The summed E-state index contributed by atoms with van der Waals surface area (Å²) in [7, 11) is 0. The van der Waals surface area contributed by atoms with Gasteiger partial charge in [0.05, 0.1) is 5.41 Å². The average molecular weight is 162 g/mol. The molecule has 66 valence electrons. The summed E-state index contributed by atoms with van der Waals surface area (Å²) >= 11 is 0. The molecule has 0 aromatic heterocycles. The molecule has 0 heteroatoms. The second kappa shape index (κ2) is 2.39. The molecule has 1 saturated carbocycles. The lowest BCUT2D eigenvalue weighted by molar-refractivity contribution is 0.566. The van der Waals surface area contributed by atoms with E-state index in [2.05, 4.69) is 53.0 Å². The Morgan fingerprint density at radius 2 is 1.83 bits per heavy atom. The molecule has 0 N–H and O–H groups in total. The van der Waals surface area contributed by atoms with Crippen molar-refractivity contribution in [2.75, 3.05) is 0 Å². The maximum atomic E-state index is 4.00. The zero-order valence-electron chi connectivity index (χ0n) is 8.78. The summed E-state index contributed by atoms with van der Waals surface area (Å²) in [4.78, 5) is 0. The number of hydrogen-bond donors (Lipinski definition) is 0. The molecule has 0 nitrogen and oxygen atoms in total. The lowest BCUT2D eigenvalue weighted by atomic mass is 9.95. The van der Waals surface area contributed by atoms with E-state index in [1.54, 1.807) is 0 Å². The fourth-order valence-corrected chi connectivity index (χ4v) is 1.22. The smallest absolute Gasteiger partial charge is 0.0558 e. The molecule has 2 unspecified atom stereocenters. The van der Waals surface area contributed by atoms with Gasteiger partial charge in [0.1, 0.15) is 0 Å². The van der Waals surface area contributed by atoms with Crippen LogP contribution >= 0.6 is 0 Å². The van der Waals surface area contributed by atoms with Crippen molar-refractivity contribution in [2.45, 2.75) is 34.6 Å². The minimum atomic E-state index is 0.117. The van der Waals surface area contributed by atoms with E-state index >= 15 is 0 Å². The van der Waals surface area contributed by atoms with Crippen LogP contribution in [0.25, 0.3) is 0 Å². The minimum Gasteiger partial charge on any atom is -0.0980 e. The van der Waals surface area contributed by atoms with E-state index in [4.69, 9.17) is 0 Å². The van der Waals surface area contributed by atoms with E-state index in [1.807, 2.05) is 0 Å². The third-order valence-corrected chi connectivity index (χ3v) is 2.67. The monoisotopic (exact) mass is 162 g/mol. The quantitative estimate of drug-likeness (QED) is 0.379. The van der Waals surface area contributed by atoms with Gasteiger partial charge < -0.3 is 0 Å². The van der Waals surface area contributed by atoms with Gasteiger partial charge in [0.25, 0.3) is 0 Å². The van der Waals surface area contributed by atoms with Crippen molar-refractivity contribution >= 4 is 0 Å². The summed E-state index contributed by atoms with van der Waals surface area (Å²) in [5.74, 6) is 7.19. The summed E-state index contributed by atoms with van der Waals surface area (Å²) in [5, 5.41) is 0. The molecule has 0 aromatic carbocycles. The van der Waals surface area contributed by atoms with Gasteiger partial charge in [-0.15, -0.1) is 0 Å². The number of rotatable bonds is 0. The Morgan fingerprint density at radius 1 is 1.42 bits per heavy atom. The Balaban J connectivity index is 2.75. The second-order valence-electron chi connectivity index (χ2n) is 4.95. The van der Waals surface area contributed by atoms with Crippen LogP contribution in [0, 0.1) is 28.6 Å². The summed E-state index contributed by atoms with van der Waals surface area (Å²) in [6.07, 6.45) is 0. The molecular formula is C12H18. The molecule has 1 aliphatic rings. The molecule has 0 aromatic rings. The van der Waals surface area contributed by atoms with E-state index in [0.29, 0.717) is 5.92 Å². The van der Waals surface area contributed by atoms with Gasteiger partial charge >= 0.3 is 0 Å². The van der Waals surface area contributed by atoms with Crippen molar-refractivity contribution in [3.05, 3.63) is 12.2 Å². The maximum absolute atomic E-state index is 4.00. The highest BCUT2D eigenvalue weighted by atomic mass is 14.5. The zero-order chi connectivity index (χ0) is 9.57. The van der Waals surface area contributed by atoms with Crippen molar-refractivity contribution < 1.29 is 0 Å². The minimum absolute atomic E-state index is 0.117. The van der Waals surface area contributed by atoms with Crippen LogP contribution in [0.5, 0.6) is 0 Å². The summed E-state index contributed by atoms with van der Waals surface area (Å²) in [5.41, 5.74) is 1.53. The molecule has 12 heavy (non-hydrogen) atoms. The predicted molar refractivity (Wildman–Crippen MR) is 53.6 cm³/mol. The van der Waals surface area contributed by atoms with Gasteiger partial charge in [-0.3, -0.25) is 0 Å². The Kier molecular flexibility index (Phi) is 1.87.